The zero-order chi connectivity index (χ0) is 12.7. The summed E-state index contributed by atoms with van der Waals surface area (Å²) < 4.78 is 1.50. The van der Waals surface area contributed by atoms with Crippen LogP contribution in [0.4, 0.5) is 0 Å². The van der Waals surface area contributed by atoms with E-state index in [1.54, 1.807) is 10.4 Å². The number of benzene rings is 1. The zero-order valence-corrected chi connectivity index (χ0v) is 12.2. The van der Waals surface area contributed by atoms with Gasteiger partial charge in [0.2, 0.25) is 0 Å². The number of nitrogens with zero attached hydrogens (tertiary/aromatic N) is 1. The fourth-order valence-electron chi connectivity index (χ4n) is 3.83. The Bertz CT molecular complexity index is 580. The summed E-state index contributed by atoms with van der Waals surface area (Å²) in [4.78, 5) is 4.45. The van der Waals surface area contributed by atoms with Crippen molar-refractivity contribution >= 4 is 21.4 Å². The number of hydrogen-bond acceptors (Lipinski definition) is 2. The Morgan fingerprint density at radius 2 is 1.84 bits per heavy atom. The average molecular weight is 271 g/mol. The van der Waals surface area contributed by atoms with E-state index in [9.17, 15) is 0 Å². The topological polar surface area (TPSA) is 3.24 Å². The molecule has 2 heteroatoms. The first-order valence-corrected chi connectivity index (χ1v) is 8.49. The van der Waals surface area contributed by atoms with Crippen LogP contribution in [0.15, 0.2) is 24.3 Å². The van der Waals surface area contributed by atoms with Crippen molar-refractivity contribution < 1.29 is 0 Å². The van der Waals surface area contributed by atoms with Crippen LogP contribution in [0, 0.1) is 0 Å². The first-order valence-electron chi connectivity index (χ1n) is 7.68. The van der Waals surface area contributed by atoms with E-state index in [0.29, 0.717) is 0 Å². The fourth-order valence-corrected chi connectivity index (χ4v) is 5.25. The highest BCUT2D eigenvalue weighted by Gasteiger charge is 2.29. The summed E-state index contributed by atoms with van der Waals surface area (Å²) in [6.07, 6.45) is 8.27. The van der Waals surface area contributed by atoms with E-state index in [-0.39, 0.29) is 0 Å². The predicted octanol–water partition coefficient (Wildman–Crippen LogP) is 4.76. The van der Waals surface area contributed by atoms with E-state index in [1.165, 1.54) is 61.7 Å². The second-order valence-corrected chi connectivity index (χ2v) is 7.03. The Morgan fingerprint density at radius 1 is 1.00 bits per heavy atom. The van der Waals surface area contributed by atoms with Crippen molar-refractivity contribution in [3.05, 3.63) is 34.7 Å². The van der Waals surface area contributed by atoms with Crippen molar-refractivity contribution in [1.82, 2.24) is 4.90 Å². The molecule has 1 aromatic carbocycles. The third-order valence-corrected chi connectivity index (χ3v) is 6.08. The Labute approximate surface area is 119 Å². The molecule has 1 nitrogen and oxygen atoms in total. The number of likely N-dealkylation sites (tertiary alicyclic amines) is 1. The Balaban J connectivity index is 1.77. The first-order chi connectivity index (χ1) is 9.43. The standard InChI is InChI=1S/C17H21NS/c1-4-11-18(12-5-1)15-9-6-8-14-13-7-2-3-10-16(13)19-17(14)15/h2-3,7,10,15H,1,4-6,8-9,11-12H2. The van der Waals surface area contributed by atoms with E-state index in [1.807, 2.05) is 0 Å². The number of hydrogen-bond donors (Lipinski definition) is 0. The summed E-state index contributed by atoms with van der Waals surface area (Å²) in [6.45, 7) is 2.64. The second kappa shape index (κ2) is 4.92. The highest BCUT2D eigenvalue weighted by atomic mass is 32.1. The molecule has 1 aliphatic heterocycles. The van der Waals surface area contributed by atoms with Crippen LogP contribution in [0.25, 0.3) is 10.1 Å². The molecule has 0 N–H and O–H groups in total. The maximum Gasteiger partial charge on any atom is 0.0444 e. The van der Waals surface area contributed by atoms with Crippen molar-refractivity contribution in [3.8, 4) is 0 Å². The van der Waals surface area contributed by atoms with Crippen LogP contribution in [0.1, 0.15) is 48.6 Å². The van der Waals surface area contributed by atoms with Gasteiger partial charge in [0.15, 0.2) is 0 Å². The summed E-state index contributed by atoms with van der Waals surface area (Å²) in [5, 5.41) is 1.53. The second-order valence-electron chi connectivity index (χ2n) is 5.95. The number of thiophene rings is 1. The zero-order valence-electron chi connectivity index (χ0n) is 11.4. The number of piperidine rings is 1. The third-order valence-electron chi connectivity index (χ3n) is 4.77. The maximum atomic E-state index is 2.76. The Hall–Kier alpha value is -0.860. The minimum absolute atomic E-state index is 0.724. The number of fused-ring (bicyclic) bond motifs is 3. The summed E-state index contributed by atoms with van der Waals surface area (Å²) in [5.74, 6) is 0. The quantitative estimate of drug-likeness (QED) is 0.722. The van der Waals surface area contributed by atoms with Gasteiger partial charge in [-0.2, -0.15) is 0 Å². The molecule has 1 aliphatic carbocycles. The molecule has 1 fully saturated rings. The molecule has 0 radical (unpaired) electrons. The molecule has 0 bridgehead atoms. The molecule has 2 aromatic rings. The van der Waals surface area contributed by atoms with Gasteiger partial charge in [-0.25, -0.2) is 0 Å². The summed E-state index contributed by atoms with van der Waals surface area (Å²) >= 11 is 2.06. The smallest absolute Gasteiger partial charge is 0.0444 e. The lowest BCUT2D eigenvalue weighted by atomic mass is 9.90. The molecule has 1 aromatic heterocycles. The molecule has 1 saturated heterocycles. The van der Waals surface area contributed by atoms with Gasteiger partial charge < -0.3 is 0 Å². The Morgan fingerprint density at radius 3 is 2.74 bits per heavy atom. The van der Waals surface area contributed by atoms with E-state index in [0.717, 1.165) is 6.04 Å². The van der Waals surface area contributed by atoms with Crippen LogP contribution in [0.5, 0.6) is 0 Å². The molecule has 4 rings (SSSR count). The van der Waals surface area contributed by atoms with Gasteiger partial charge in [0.25, 0.3) is 0 Å². The summed E-state index contributed by atoms with van der Waals surface area (Å²) in [7, 11) is 0. The lowest BCUT2D eigenvalue weighted by Gasteiger charge is -2.36. The molecule has 0 saturated carbocycles. The van der Waals surface area contributed by atoms with Gasteiger partial charge in [0.05, 0.1) is 0 Å². The van der Waals surface area contributed by atoms with Gasteiger partial charge in [0, 0.05) is 15.6 Å². The highest BCUT2D eigenvalue weighted by Crippen LogP contribution is 2.44. The SMILES string of the molecule is c1ccc2c3c(sc2c1)C(N1CCCCC1)CCC3. The molecule has 100 valence electrons. The molecular formula is C17H21NS. The van der Waals surface area contributed by atoms with Gasteiger partial charge in [0.1, 0.15) is 0 Å². The highest BCUT2D eigenvalue weighted by molar-refractivity contribution is 7.19. The van der Waals surface area contributed by atoms with Crippen LogP contribution in [0.3, 0.4) is 0 Å². The normalized spacial score (nSPS) is 24.5. The number of rotatable bonds is 1. The third kappa shape index (κ3) is 2.02. The van der Waals surface area contributed by atoms with Crippen molar-refractivity contribution in [2.75, 3.05) is 13.1 Å². The molecule has 0 amide bonds. The molecule has 2 aliphatic rings. The van der Waals surface area contributed by atoms with E-state index >= 15 is 0 Å². The van der Waals surface area contributed by atoms with Crippen LogP contribution in [-0.2, 0) is 6.42 Å². The predicted molar refractivity (Wildman–Crippen MR) is 82.9 cm³/mol. The van der Waals surface area contributed by atoms with Crippen LogP contribution in [0.2, 0.25) is 0 Å². The molecule has 1 atom stereocenters. The van der Waals surface area contributed by atoms with E-state index < -0.39 is 0 Å². The molecule has 19 heavy (non-hydrogen) atoms. The Kier molecular flexibility index (Phi) is 3.08. The minimum Gasteiger partial charge on any atom is -0.296 e. The first kappa shape index (κ1) is 11.9. The lowest BCUT2D eigenvalue weighted by molar-refractivity contribution is 0.151. The van der Waals surface area contributed by atoms with Crippen molar-refractivity contribution in [2.45, 2.75) is 44.6 Å². The molecule has 1 unspecified atom stereocenters. The van der Waals surface area contributed by atoms with Crippen LogP contribution in [-0.4, -0.2) is 18.0 Å². The molecule has 0 spiro atoms. The lowest BCUT2D eigenvalue weighted by Crippen LogP contribution is -2.34. The van der Waals surface area contributed by atoms with Gasteiger partial charge in [-0.05, 0) is 62.2 Å². The molecular weight excluding hydrogens is 250 g/mol. The summed E-state index contributed by atoms with van der Waals surface area (Å²) in [6, 6.07) is 9.72. The van der Waals surface area contributed by atoms with Gasteiger partial charge in [-0.1, -0.05) is 24.6 Å². The van der Waals surface area contributed by atoms with Crippen molar-refractivity contribution in [3.63, 3.8) is 0 Å². The maximum absolute atomic E-state index is 2.76. The van der Waals surface area contributed by atoms with Crippen LogP contribution >= 0.6 is 11.3 Å². The minimum atomic E-state index is 0.724. The monoisotopic (exact) mass is 271 g/mol. The van der Waals surface area contributed by atoms with Crippen molar-refractivity contribution in [2.24, 2.45) is 0 Å². The van der Waals surface area contributed by atoms with E-state index in [4.69, 9.17) is 0 Å². The van der Waals surface area contributed by atoms with Gasteiger partial charge in [-0.3, -0.25) is 4.90 Å². The van der Waals surface area contributed by atoms with Crippen molar-refractivity contribution in [1.29, 1.82) is 0 Å². The van der Waals surface area contributed by atoms with Gasteiger partial charge >= 0.3 is 0 Å². The average Bonchev–Trinajstić information content (AvgIpc) is 2.87. The fraction of sp³-hybridized carbons (Fsp3) is 0.529. The number of aryl methyl sites for hydroxylation is 1. The largest absolute Gasteiger partial charge is 0.296 e. The summed E-state index contributed by atoms with van der Waals surface area (Å²) in [5.41, 5.74) is 1.67. The molecule has 2 heterocycles. The van der Waals surface area contributed by atoms with Crippen LogP contribution < -0.4 is 0 Å². The van der Waals surface area contributed by atoms with Gasteiger partial charge in [-0.15, -0.1) is 11.3 Å². The van der Waals surface area contributed by atoms with E-state index in [2.05, 4.69) is 40.5 Å².